The van der Waals surface area contributed by atoms with E-state index in [2.05, 4.69) is 5.32 Å². The van der Waals surface area contributed by atoms with Crippen LogP contribution in [-0.4, -0.2) is 23.2 Å². The summed E-state index contributed by atoms with van der Waals surface area (Å²) >= 11 is 1.45. The monoisotopic (exact) mass is 255 g/mol. The van der Waals surface area contributed by atoms with Crippen LogP contribution in [0.15, 0.2) is 11.4 Å². The molecular weight excluding hydrogens is 234 g/mol. The Balaban J connectivity index is 2.62. The van der Waals surface area contributed by atoms with Crippen LogP contribution in [0.1, 0.15) is 48.8 Å². The lowest BCUT2D eigenvalue weighted by Crippen LogP contribution is -2.42. The molecule has 0 radical (unpaired) electrons. The van der Waals surface area contributed by atoms with Crippen molar-refractivity contribution in [3.05, 3.63) is 21.9 Å². The van der Waals surface area contributed by atoms with E-state index in [9.17, 15) is 9.90 Å². The normalized spacial score (nSPS) is 11.5. The van der Waals surface area contributed by atoms with E-state index in [1.807, 2.05) is 32.2 Å². The summed E-state index contributed by atoms with van der Waals surface area (Å²) in [5.41, 5.74) is 0.295. The fourth-order valence-electron chi connectivity index (χ4n) is 1.64. The van der Waals surface area contributed by atoms with E-state index >= 15 is 0 Å². The SMILES string of the molecule is CCc1ccsc1C(=O)NCC(O)(CC)CC. The maximum absolute atomic E-state index is 12.0. The number of rotatable bonds is 6. The second-order valence-corrected chi connectivity index (χ2v) is 5.16. The third kappa shape index (κ3) is 3.54. The summed E-state index contributed by atoms with van der Waals surface area (Å²) in [5.74, 6) is -0.0721. The van der Waals surface area contributed by atoms with Crippen molar-refractivity contribution in [3.63, 3.8) is 0 Å². The van der Waals surface area contributed by atoms with E-state index in [4.69, 9.17) is 0 Å². The molecule has 96 valence electrons. The molecule has 0 aliphatic rings. The van der Waals surface area contributed by atoms with Gasteiger partial charge in [0.05, 0.1) is 10.5 Å². The summed E-state index contributed by atoms with van der Waals surface area (Å²) < 4.78 is 0. The predicted molar refractivity (Wildman–Crippen MR) is 71.6 cm³/mol. The van der Waals surface area contributed by atoms with Crippen LogP contribution in [0.4, 0.5) is 0 Å². The minimum absolute atomic E-state index is 0.0721. The molecule has 0 fully saturated rings. The molecule has 1 aromatic rings. The molecule has 0 unspecified atom stereocenters. The molecule has 3 nitrogen and oxygen atoms in total. The molecule has 0 aromatic carbocycles. The highest BCUT2D eigenvalue weighted by Crippen LogP contribution is 2.18. The molecule has 0 spiro atoms. The molecular formula is C13H21NO2S. The van der Waals surface area contributed by atoms with Crippen molar-refractivity contribution in [3.8, 4) is 0 Å². The van der Waals surface area contributed by atoms with Gasteiger partial charge >= 0.3 is 0 Å². The van der Waals surface area contributed by atoms with Gasteiger partial charge in [0.15, 0.2) is 0 Å². The van der Waals surface area contributed by atoms with Crippen molar-refractivity contribution in [2.24, 2.45) is 0 Å². The van der Waals surface area contributed by atoms with Crippen LogP contribution in [0, 0.1) is 0 Å². The number of carbonyl (C=O) groups is 1. The molecule has 0 aliphatic heterocycles. The lowest BCUT2D eigenvalue weighted by Gasteiger charge is -2.25. The first kappa shape index (κ1) is 14.2. The summed E-state index contributed by atoms with van der Waals surface area (Å²) in [6.45, 7) is 6.21. The largest absolute Gasteiger partial charge is 0.388 e. The highest BCUT2D eigenvalue weighted by atomic mass is 32.1. The van der Waals surface area contributed by atoms with Crippen molar-refractivity contribution in [1.82, 2.24) is 5.32 Å². The molecule has 1 heterocycles. The van der Waals surface area contributed by atoms with Crippen molar-refractivity contribution in [2.45, 2.75) is 45.6 Å². The van der Waals surface area contributed by atoms with Gasteiger partial charge in [0.1, 0.15) is 0 Å². The van der Waals surface area contributed by atoms with Gasteiger partial charge in [0, 0.05) is 6.54 Å². The zero-order valence-corrected chi connectivity index (χ0v) is 11.6. The van der Waals surface area contributed by atoms with Crippen molar-refractivity contribution < 1.29 is 9.90 Å². The summed E-state index contributed by atoms with van der Waals surface area (Å²) in [6, 6.07) is 1.98. The Kier molecular flexibility index (Phi) is 5.15. The molecule has 0 saturated carbocycles. The van der Waals surface area contributed by atoms with E-state index in [1.165, 1.54) is 11.3 Å². The van der Waals surface area contributed by atoms with Crippen LogP contribution in [0.25, 0.3) is 0 Å². The first-order valence-electron chi connectivity index (χ1n) is 6.13. The number of hydrogen-bond donors (Lipinski definition) is 2. The predicted octanol–water partition coefficient (Wildman–Crippen LogP) is 2.59. The van der Waals surface area contributed by atoms with Gasteiger partial charge in [-0.1, -0.05) is 20.8 Å². The molecule has 0 bridgehead atoms. The highest BCUT2D eigenvalue weighted by molar-refractivity contribution is 7.12. The number of nitrogens with one attached hydrogen (secondary N) is 1. The molecule has 1 aromatic heterocycles. The average molecular weight is 255 g/mol. The van der Waals surface area contributed by atoms with Crippen molar-refractivity contribution >= 4 is 17.2 Å². The van der Waals surface area contributed by atoms with Gasteiger partial charge in [-0.05, 0) is 36.3 Å². The zero-order valence-electron chi connectivity index (χ0n) is 10.7. The molecule has 4 heteroatoms. The number of aryl methyl sites for hydroxylation is 1. The number of hydrogen-bond acceptors (Lipinski definition) is 3. The van der Waals surface area contributed by atoms with E-state index in [-0.39, 0.29) is 5.91 Å². The van der Waals surface area contributed by atoms with Gasteiger partial charge in [-0.15, -0.1) is 11.3 Å². The Hall–Kier alpha value is -0.870. The van der Waals surface area contributed by atoms with E-state index in [0.717, 1.165) is 16.9 Å². The van der Waals surface area contributed by atoms with Gasteiger partial charge in [-0.3, -0.25) is 4.79 Å². The summed E-state index contributed by atoms with van der Waals surface area (Å²) in [6.07, 6.45) is 2.15. The third-order valence-electron chi connectivity index (χ3n) is 3.23. The summed E-state index contributed by atoms with van der Waals surface area (Å²) in [4.78, 5) is 12.7. The second-order valence-electron chi connectivity index (χ2n) is 4.24. The van der Waals surface area contributed by atoms with E-state index in [0.29, 0.717) is 19.4 Å². The van der Waals surface area contributed by atoms with Crippen molar-refractivity contribution in [2.75, 3.05) is 6.54 Å². The topological polar surface area (TPSA) is 49.3 Å². The molecule has 17 heavy (non-hydrogen) atoms. The fourth-order valence-corrected chi connectivity index (χ4v) is 2.55. The minimum Gasteiger partial charge on any atom is -0.388 e. The Morgan fingerprint density at radius 2 is 2.06 bits per heavy atom. The third-order valence-corrected chi connectivity index (χ3v) is 4.18. The van der Waals surface area contributed by atoms with Crippen LogP contribution in [0.5, 0.6) is 0 Å². The number of amides is 1. The molecule has 1 amide bonds. The second kappa shape index (κ2) is 6.17. The van der Waals surface area contributed by atoms with Gasteiger partial charge in [0.2, 0.25) is 0 Å². The quantitative estimate of drug-likeness (QED) is 0.821. The molecule has 0 aliphatic carbocycles. The molecule has 0 atom stereocenters. The Morgan fingerprint density at radius 1 is 1.41 bits per heavy atom. The zero-order chi connectivity index (χ0) is 12.9. The van der Waals surface area contributed by atoms with Crippen LogP contribution in [-0.2, 0) is 6.42 Å². The maximum Gasteiger partial charge on any atom is 0.261 e. The standard InChI is InChI=1S/C13H21NO2S/c1-4-10-7-8-17-11(10)12(15)14-9-13(16,5-2)6-3/h7-8,16H,4-6,9H2,1-3H3,(H,14,15). The fraction of sp³-hybridized carbons (Fsp3) is 0.615. The average Bonchev–Trinajstić information content (AvgIpc) is 2.83. The maximum atomic E-state index is 12.0. The van der Waals surface area contributed by atoms with Crippen LogP contribution >= 0.6 is 11.3 Å². The molecule has 0 saturated heterocycles. The number of aliphatic hydroxyl groups is 1. The lowest BCUT2D eigenvalue weighted by molar-refractivity contribution is 0.0314. The van der Waals surface area contributed by atoms with Crippen LogP contribution in [0.2, 0.25) is 0 Å². The Morgan fingerprint density at radius 3 is 2.59 bits per heavy atom. The van der Waals surface area contributed by atoms with Gasteiger partial charge in [-0.25, -0.2) is 0 Å². The van der Waals surface area contributed by atoms with Crippen LogP contribution in [0.3, 0.4) is 0 Å². The number of thiophene rings is 1. The first-order valence-corrected chi connectivity index (χ1v) is 7.01. The van der Waals surface area contributed by atoms with Gasteiger partial charge in [0.25, 0.3) is 5.91 Å². The number of carbonyl (C=O) groups excluding carboxylic acids is 1. The first-order chi connectivity index (χ1) is 8.06. The summed E-state index contributed by atoms with van der Waals surface area (Å²) in [5, 5.41) is 14.8. The molecule has 2 N–H and O–H groups in total. The smallest absolute Gasteiger partial charge is 0.261 e. The minimum atomic E-state index is -0.778. The Labute approximate surface area is 107 Å². The van der Waals surface area contributed by atoms with Gasteiger partial charge < -0.3 is 10.4 Å². The van der Waals surface area contributed by atoms with Gasteiger partial charge in [-0.2, -0.15) is 0 Å². The highest BCUT2D eigenvalue weighted by Gasteiger charge is 2.23. The van der Waals surface area contributed by atoms with Crippen molar-refractivity contribution in [1.29, 1.82) is 0 Å². The van der Waals surface area contributed by atoms with Crippen LogP contribution < -0.4 is 5.32 Å². The molecule has 1 rings (SSSR count). The Bertz CT molecular complexity index is 369. The lowest BCUT2D eigenvalue weighted by atomic mass is 9.97. The van der Waals surface area contributed by atoms with E-state index < -0.39 is 5.60 Å². The van der Waals surface area contributed by atoms with E-state index in [1.54, 1.807) is 0 Å². The summed E-state index contributed by atoms with van der Waals surface area (Å²) in [7, 11) is 0.